The Bertz CT molecular complexity index is 968. The average molecular weight is 425 g/mol. The zero-order chi connectivity index (χ0) is 22.5. The number of para-hydroxylation sites is 2. The quantitative estimate of drug-likeness (QED) is 0.568. The highest BCUT2D eigenvalue weighted by atomic mass is 16.6. The largest absolute Gasteiger partial charge is 0.362 e. The molecular weight excluding hydrogens is 396 g/mol. The van der Waals surface area contributed by atoms with Crippen LogP contribution in [0, 0.1) is 23.0 Å². The first-order valence-corrected chi connectivity index (χ1v) is 10.4. The fourth-order valence-corrected chi connectivity index (χ4v) is 3.81. The SMILES string of the molecule is Cc1ccccc1C(=O)N[C@H](C(=O)N1CCN(c2ccccc2[N+](=O)[O-])CC1)C(C)C. The van der Waals surface area contributed by atoms with Crippen LogP contribution in [0.4, 0.5) is 11.4 Å². The number of nitro benzene ring substituents is 1. The Morgan fingerprint density at radius 3 is 2.23 bits per heavy atom. The molecule has 0 aromatic heterocycles. The maximum absolute atomic E-state index is 13.2. The van der Waals surface area contributed by atoms with E-state index in [2.05, 4.69) is 5.32 Å². The van der Waals surface area contributed by atoms with Crippen molar-refractivity contribution >= 4 is 23.2 Å². The minimum absolute atomic E-state index is 0.0628. The second kappa shape index (κ2) is 9.59. The lowest BCUT2D eigenvalue weighted by atomic mass is 10.0. The molecule has 0 radical (unpaired) electrons. The molecule has 1 aliphatic heterocycles. The number of nitrogens with one attached hydrogen (secondary N) is 1. The van der Waals surface area contributed by atoms with Gasteiger partial charge in [-0.2, -0.15) is 0 Å². The van der Waals surface area contributed by atoms with Crippen molar-refractivity contribution in [3.8, 4) is 0 Å². The second-order valence-corrected chi connectivity index (χ2v) is 8.07. The van der Waals surface area contributed by atoms with E-state index in [-0.39, 0.29) is 28.3 Å². The first-order valence-electron chi connectivity index (χ1n) is 10.4. The molecule has 8 heteroatoms. The lowest BCUT2D eigenvalue weighted by molar-refractivity contribution is -0.384. The van der Waals surface area contributed by atoms with Gasteiger partial charge in [-0.3, -0.25) is 19.7 Å². The summed E-state index contributed by atoms with van der Waals surface area (Å²) in [5.41, 5.74) is 2.04. The van der Waals surface area contributed by atoms with Gasteiger partial charge in [0.2, 0.25) is 5.91 Å². The highest BCUT2D eigenvalue weighted by molar-refractivity contribution is 5.98. The van der Waals surface area contributed by atoms with Crippen molar-refractivity contribution in [2.75, 3.05) is 31.1 Å². The highest BCUT2D eigenvalue weighted by Crippen LogP contribution is 2.28. The molecule has 0 saturated carbocycles. The van der Waals surface area contributed by atoms with Crippen molar-refractivity contribution < 1.29 is 14.5 Å². The van der Waals surface area contributed by atoms with Gasteiger partial charge in [-0.15, -0.1) is 0 Å². The third kappa shape index (κ3) is 5.02. The van der Waals surface area contributed by atoms with Gasteiger partial charge in [0.15, 0.2) is 0 Å². The number of piperazine rings is 1. The molecule has 2 aromatic carbocycles. The van der Waals surface area contributed by atoms with Gasteiger partial charge in [-0.1, -0.05) is 44.2 Å². The van der Waals surface area contributed by atoms with Gasteiger partial charge in [-0.05, 0) is 30.5 Å². The van der Waals surface area contributed by atoms with Crippen LogP contribution in [0.2, 0.25) is 0 Å². The van der Waals surface area contributed by atoms with Crippen LogP contribution in [-0.2, 0) is 4.79 Å². The van der Waals surface area contributed by atoms with E-state index in [4.69, 9.17) is 0 Å². The molecule has 0 unspecified atom stereocenters. The summed E-state index contributed by atoms with van der Waals surface area (Å²) in [5, 5.41) is 14.2. The normalized spacial score (nSPS) is 15.0. The number of hydrogen-bond acceptors (Lipinski definition) is 5. The fourth-order valence-electron chi connectivity index (χ4n) is 3.81. The molecule has 1 saturated heterocycles. The molecule has 31 heavy (non-hydrogen) atoms. The van der Waals surface area contributed by atoms with Crippen molar-refractivity contribution in [1.29, 1.82) is 0 Å². The Morgan fingerprint density at radius 1 is 1.00 bits per heavy atom. The van der Waals surface area contributed by atoms with E-state index in [1.807, 2.05) is 37.8 Å². The van der Waals surface area contributed by atoms with Crippen molar-refractivity contribution in [3.63, 3.8) is 0 Å². The van der Waals surface area contributed by atoms with Crippen molar-refractivity contribution in [3.05, 3.63) is 69.8 Å². The van der Waals surface area contributed by atoms with Gasteiger partial charge in [0, 0.05) is 37.8 Å². The van der Waals surface area contributed by atoms with Crippen LogP contribution in [-0.4, -0.2) is 53.9 Å². The molecule has 2 aromatic rings. The smallest absolute Gasteiger partial charge is 0.292 e. The van der Waals surface area contributed by atoms with Crippen LogP contribution in [0.15, 0.2) is 48.5 Å². The molecule has 0 aliphatic carbocycles. The Hall–Kier alpha value is -3.42. The van der Waals surface area contributed by atoms with Crippen LogP contribution in [0.3, 0.4) is 0 Å². The Kier molecular flexibility index (Phi) is 6.89. The minimum Gasteiger partial charge on any atom is -0.362 e. The predicted octanol–water partition coefficient (Wildman–Crippen LogP) is 3.01. The van der Waals surface area contributed by atoms with E-state index in [0.717, 1.165) is 5.56 Å². The molecule has 164 valence electrons. The molecular formula is C23H28N4O4. The minimum atomic E-state index is -0.635. The van der Waals surface area contributed by atoms with Gasteiger partial charge in [0.05, 0.1) is 4.92 Å². The van der Waals surface area contributed by atoms with Crippen LogP contribution in [0.5, 0.6) is 0 Å². The molecule has 1 fully saturated rings. The van der Waals surface area contributed by atoms with Crippen LogP contribution >= 0.6 is 0 Å². The van der Waals surface area contributed by atoms with Gasteiger partial charge in [0.25, 0.3) is 11.6 Å². The summed E-state index contributed by atoms with van der Waals surface area (Å²) in [6.07, 6.45) is 0. The third-order valence-corrected chi connectivity index (χ3v) is 5.62. The molecule has 1 atom stereocenters. The number of nitro groups is 1. The molecule has 1 aliphatic rings. The van der Waals surface area contributed by atoms with Gasteiger partial charge >= 0.3 is 0 Å². The summed E-state index contributed by atoms with van der Waals surface area (Å²) in [6.45, 7) is 7.54. The summed E-state index contributed by atoms with van der Waals surface area (Å²) < 4.78 is 0. The number of rotatable bonds is 6. The van der Waals surface area contributed by atoms with Crippen LogP contribution < -0.4 is 10.2 Å². The van der Waals surface area contributed by atoms with E-state index >= 15 is 0 Å². The van der Waals surface area contributed by atoms with Gasteiger partial charge in [0.1, 0.15) is 11.7 Å². The number of amides is 2. The predicted molar refractivity (Wildman–Crippen MR) is 119 cm³/mol. The standard InChI is InChI=1S/C23H28N4O4/c1-16(2)21(24-22(28)18-9-5-4-8-17(18)3)23(29)26-14-12-25(13-15-26)19-10-6-7-11-20(19)27(30)31/h4-11,16,21H,12-15H2,1-3H3,(H,24,28)/t21-/m0/s1. The second-order valence-electron chi connectivity index (χ2n) is 8.07. The van der Waals surface area contributed by atoms with E-state index in [1.54, 1.807) is 35.2 Å². The molecule has 1 N–H and O–H groups in total. The van der Waals surface area contributed by atoms with Crippen LogP contribution in [0.25, 0.3) is 0 Å². The molecule has 0 spiro atoms. The Balaban J connectivity index is 1.67. The summed E-state index contributed by atoms with van der Waals surface area (Å²) in [7, 11) is 0. The maximum atomic E-state index is 13.2. The fraction of sp³-hybridized carbons (Fsp3) is 0.391. The topological polar surface area (TPSA) is 95.8 Å². The Morgan fingerprint density at radius 2 is 1.61 bits per heavy atom. The van der Waals surface area contributed by atoms with Gasteiger partial charge in [-0.25, -0.2) is 0 Å². The zero-order valence-electron chi connectivity index (χ0n) is 18.1. The molecule has 2 amide bonds. The summed E-state index contributed by atoms with van der Waals surface area (Å²) in [5.74, 6) is -0.462. The van der Waals surface area contributed by atoms with E-state index in [9.17, 15) is 19.7 Å². The number of hydrogen-bond donors (Lipinski definition) is 1. The first-order chi connectivity index (χ1) is 14.8. The third-order valence-electron chi connectivity index (χ3n) is 5.62. The number of aryl methyl sites for hydroxylation is 1. The Labute approximate surface area is 182 Å². The summed E-state index contributed by atoms with van der Waals surface area (Å²) in [6, 6.07) is 13.3. The lowest BCUT2D eigenvalue weighted by Gasteiger charge is -2.38. The van der Waals surface area contributed by atoms with Gasteiger partial charge < -0.3 is 15.1 Å². The number of carbonyl (C=O) groups is 2. The van der Waals surface area contributed by atoms with E-state index in [1.165, 1.54) is 6.07 Å². The van der Waals surface area contributed by atoms with Crippen molar-refractivity contribution in [2.45, 2.75) is 26.8 Å². The van der Waals surface area contributed by atoms with Crippen molar-refractivity contribution in [1.82, 2.24) is 10.2 Å². The number of carbonyl (C=O) groups excluding carboxylic acids is 2. The summed E-state index contributed by atoms with van der Waals surface area (Å²) in [4.78, 5) is 40.5. The monoisotopic (exact) mass is 424 g/mol. The molecule has 0 bridgehead atoms. The number of anilines is 1. The first kappa shape index (κ1) is 22.3. The number of nitrogens with zero attached hydrogens (tertiary/aromatic N) is 3. The van der Waals surface area contributed by atoms with Crippen LogP contribution in [0.1, 0.15) is 29.8 Å². The maximum Gasteiger partial charge on any atom is 0.292 e. The molecule has 1 heterocycles. The average Bonchev–Trinajstić information content (AvgIpc) is 2.77. The molecule has 3 rings (SSSR count). The lowest BCUT2D eigenvalue weighted by Crippen LogP contribution is -2.56. The zero-order valence-corrected chi connectivity index (χ0v) is 18.1. The highest BCUT2D eigenvalue weighted by Gasteiger charge is 2.32. The van der Waals surface area contributed by atoms with E-state index < -0.39 is 6.04 Å². The van der Waals surface area contributed by atoms with E-state index in [0.29, 0.717) is 37.4 Å². The summed E-state index contributed by atoms with van der Waals surface area (Å²) >= 11 is 0. The number of benzene rings is 2. The molecule has 8 nitrogen and oxygen atoms in total. The van der Waals surface area contributed by atoms with Crippen molar-refractivity contribution in [2.24, 2.45) is 5.92 Å².